The van der Waals surface area contributed by atoms with Gasteiger partial charge in [0.2, 0.25) is 17.7 Å². The third-order valence-electron chi connectivity index (χ3n) is 4.06. The van der Waals surface area contributed by atoms with E-state index < -0.39 is 0 Å². The molecule has 7 heteroatoms. The predicted molar refractivity (Wildman–Crippen MR) is 96.1 cm³/mol. The van der Waals surface area contributed by atoms with E-state index in [4.69, 9.17) is 0 Å². The van der Waals surface area contributed by atoms with Crippen LogP contribution in [0, 0.1) is 0 Å². The number of rotatable bonds is 6. The summed E-state index contributed by atoms with van der Waals surface area (Å²) in [6, 6.07) is 6.97. The molecule has 0 spiro atoms. The third-order valence-corrected chi connectivity index (χ3v) is 4.06. The molecular formula is C18H24N4O3. The second kappa shape index (κ2) is 8.98. The zero-order chi connectivity index (χ0) is 18.2. The maximum atomic E-state index is 12.1. The number of carbonyl (C=O) groups excluding carboxylic acids is 3. The van der Waals surface area contributed by atoms with E-state index in [1.807, 2.05) is 7.05 Å². The first-order valence-corrected chi connectivity index (χ1v) is 8.23. The fraction of sp³-hybridized carbons (Fsp3) is 0.389. The molecule has 1 heterocycles. The van der Waals surface area contributed by atoms with Crippen LogP contribution in [0.15, 0.2) is 36.9 Å². The van der Waals surface area contributed by atoms with Crippen LogP contribution in [-0.2, 0) is 20.8 Å². The number of likely N-dealkylation sites (N-methyl/N-ethyl adjacent to an activating group) is 1. The van der Waals surface area contributed by atoms with Crippen LogP contribution in [0.2, 0.25) is 0 Å². The molecule has 1 saturated heterocycles. The minimum atomic E-state index is -0.284. The van der Waals surface area contributed by atoms with Crippen molar-refractivity contribution >= 4 is 23.4 Å². The van der Waals surface area contributed by atoms with Crippen molar-refractivity contribution in [2.24, 2.45) is 0 Å². The van der Waals surface area contributed by atoms with Crippen molar-refractivity contribution in [1.29, 1.82) is 0 Å². The Kier molecular flexibility index (Phi) is 6.71. The molecule has 0 bridgehead atoms. The fourth-order valence-electron chi connectivity index (χ4n) is 2.49. The van der Waals surface area contributed by atoms with Crippen LogP contribution in [0.5, 0.6) is 0 Å². The maximum Gasteiger partial charge on any atom is 0.247 e. The van der Waals surface area contributed by atoms with Gasteiger partial charge >= 0.3 is 0 Å². The molecule has 2 rings (SSSR count). The average molecular weight is 344 g/mol. The van der Waals surface area contributed by atoms with Crippen LogP contribution >= 0.6 is 0 Å². The smallest absolute Gasteiger partial charge is 0.247 e. The van der Waals surface area contributed by atoms with Crippen LogP contribution in [-0.4, -0.2) is 67.3 Å². The van der Waals surface area contributed by atoms with Crippen LogP contribution < -0.4 is 10.6 Å². The van der Waals surface area contributed by atoms with E-state index in [-0.39, 0.29) is 30.7 Å². The summed E-state index contributed by atoms with van der Waals surface area (Å²) in [4.78, 5) is 39.2. The minimum Gasteiger partial charge on any atom is -0.347 e. The van der Waals surface area contributed by atoms with Gasteiger partial charge < -0.3 is 20.4 Å². The Balaban J connectivity index is 1.75. The van der Waals surface area contributed by atoms with Gasteiger partial charge in [0.25, 0.3) is 0 Å². The van der Waals surface area contributed by atoms with Crippen molar-refractivity contribution in [1.82, 2.24) is 15.1 Å². The van der Waals surface area contributed by atoms with E-state index in [1.165, 1.54) is 6.08 Å². The first-order chi connectivity index (χ1) is 12.0. The molecule has 1 aliphatic heterocycles. The summed E-state index contributed by atoms with van der Waals surface area (Å²) in [5, 5.41) is 5.31. The summed E-state index contributed by atoms with van der Waals surface area (Å²) in [5.41, 5.74) is 1.44. The first kappa shape index (κ1) is 18.7. The molecule has 1 aromatic rings. The molecule has 1 aliphatic rings. The standard InChI is InChI=1S/C18H24N4O3/c1-3-16(23)20-15-6-4-14(5-7-15)12-17(24)19-13-18(25)22-10-8-21(2)9-11-22/h3-7H,1,8-13H2,2H3,(H,19,24)(H,20,23). The molecule has 0 unspecified atom stereocenters. The highest BCUT2D eigenvalue weighted by Crippen LogP contribution is 2.10. The molecule has 0 radical (unpaired) electrons. The summed E-state index contributed by atoms with van der Waals surface area (Å²) in [6.07, 6.45) is 1.38. The average Bonchev–Trinajstić information content (AvgIpc) is 2.62. The van der Waals surface area contributed by atoms with Gasteiger partial charge in [-0.25, -0.2) is 0 Å². The lowest BCUT2D eigenvalue weighted by atomic mass is 10.1. The van der Waals surface area contributed by atoms with Crippen molar-refractivity contribution in [3.63, 3.8) is 0 Å². The van der Waals surface area contributed by atoms with E-state index in [9.17, 15) is 14.4 Å². The predicted octanol–water partition coefficient (Wildman–Crippen LogP) is 0.244. The van der Waals surface area contributed by atoms with Gasteiger partial charge in [0.1, 0.15) is 0 Å². The molecule has 0 atom stereocenters. The van der Waals surface area contributed by atoms with Gasteiger partial charge in [0.15, 0.2) is 0 Å². The first-order valence-electron chi connectivity index (χ1n) is 8.23. The highest BCUT2D eigenvalue weighted by Gasteiger charge is 2.19. The van der Waals surface area contributed by atoms with Crippen molar-refractivity contribution in [3.05, 3.63) is 42.5 Å². The molecule has 0 saturated carbocycles. The number of benzene rings is 1. The van der Waals surface area contributed by atoms with E-state index in [0.29, 0.717) is 18.8 Å². The molecule has 25 heavy (non-hydrogen) atoms. The number of amides is 3. The zero-order valence-corrected chi connectivity index (χ0v) is 14.5. The van der Waals surface area contributed by atoms with Gasteiger partial charge in [0.05, 0.1) is 13.0 Å². The Bertz CT molecular complexity index is 634. The lowest BCUT2D eigenvalue weighted by molar-refractivity contribution is -0.134. The minimum absolute atomic E-state index is 0.0238. The van der Waals surface area contributed by atoms with Gasteiger partial charge in [-0.05, 0) is 30.8 Å². The van der Waals surface area contributed by atoms with Gasteiger partial charge in [-0.15, -0.1) is 0 Å². The van der Waals surface area contributed by atoms with Gasteiger partial charge in [-0.2, -0.15) is 0 Å². The Labute approximate surface area is 147 Å². The Morgan fingerprint density at radius 2 is 1.76 bits per heavy atom. The summed E-state index contributed by atoms with van der Waals surface area (Å²) in [6.45, 7) is 6.52. The topological polar surface area (TPSA) is 81.8 Å². The zero-order valence-electron chi connectivity index (χ0n) is 14.5. The lowest BCUT2D eigenvalue weighted by Gasteiger charge is -2.32. The monoisotopic (exact) mass is 344 g/mol. The number of nitrogens with one attached hydrogen (secondary N) is 2. The molecule has 1 fully saturated rings. The number of nitrogens with zero attached hydrogens (tertiary/aromatic N) is 2. The largest absolute Gasteiger partial charge is 0.347 e. The molecule has 3 amide bonds. The molecule has 1 aromatic carbocycles. The van der Waals surface area contributed by atoms with Gasteiger partial charge in [-0.1, -0.05) is 18.7 Å². The maximum absolute atomic E-state index is 12.1. The van der Waals surface area contributed by atoms with Crippen LogP contribution in [0.25, 0.3) is 0 Å². The Morgan fingerprint density at radius 1 is 1.12 bits per heavy atom. The summed E-state index contributed by atoms with van der Waals surface area (Å²) in [7, 11) is 2.03. The fourth-order valence-corrected chi connectivity index (χ4v) is 2.49. The summed E-state index contributed by atoms with van der Waals surface area (Å²) < 4.78 is 0. The van der Waals surface area contributed by atoms with Gasteiger partial charge in [-0.3, -0.25) is 14.4 Å². The Hall–Kier alpha value is -2.67. The quantitative estimate of drug-likeness (QED) is 0.725. The third kappa shape index (κ3) is 6.04. The molecule has 134 valence electrons. The molecule has 2 N–H and O–H groups in total. The highest BCUT2D eigenvalue weighted by molar-refractivity contribution is 5.98. The summed E-state index contributed by atoms with van der Waals surface area (Å²) >= 11 is 0. The molecule has 0 aliphatic carbocycles. The van der Waals surface area contributed by atoms with Crippen LogP contribution in [0.1, 0.15) is 5.56 Å². The number of piperazine rings is 1. The van der Waals surface area contributed by atoms with Crippen LogP contribution in [0.4, 0.5) is 5.69 Å². The molecule has 0 aromatic heterocycles. The van der Waals surface area contributed by atoms with E-state index in [2.05, 4.69) is 22.1 Å². The number of hydrogen-bond donors (Lipinski definition) is 2. The second-order valence-corrected chi connectivity index (χ2v) is 6.03. The number of anilines is 1. The highest BCUT2D eigenvalue weighted by atomic mass is 16.2. The second-order valence-electron chi connectivity index (χ2n) is 6.03. The van der Waals surface area contributed by atoms with Crippen molar-refractivity contribution in [2.75, 3.05) is 45.1 Å². The van der Waals surface area contributed by atoms with Crippen molar-refractivity contribution in [2.45, 2.75) is 6.42 Å². The lowest BCUT2D eigenvalue weighted by Crippen LogP contribution is -2.50. The Morgan fingerprint density at radius 3 is 2.36 bits per heavy atom. The molecule has 7 nitrogen and oxygen atoms in total. The normalized spacial score (nSPS) is 14.7. The van der Waals surface area contributed by atoms with Crippen molar-refractivity contribution < 1.29 is 14.4 Å². The van der Waals surface area contributed by atoms with E-state index in [0.717, 1.165) is 18.7 Å². The number of hydrogen-bond acceptors (Lipinski definition) is 4. The summed E-state index contributed by atoms with van der Waals surface area (Å²) in [5.74, 6) is -0.540. The SMILES string of the molecule is C=CC(=O)Nc1ccc(CC(=O)NCC(=O)N2CCN(C)CC2)cc1. The van der Waals surface area contributed by atoms with Crippen LogP contribution in [0.3, 0.4) is 0 Å². The number of carbonyl (C=O) groups is 3. The van der Waals surface area contributed by atoms with Crippen molar-refractivity contribution in [3.8, 4) is 0 Å². The van der Waals surface area contributed by atoms with Gasteiger partial charge in [0, 0.05) is 31.9 Å². The van der Waals surface area contributed by atoms with E-state index >= 15 is 0 Å². The molecular weight excluding hydrogens is 320 g/mol. The van der Waals surface area contributed by atoms with E-state index in [1.54, 1.807) is 29.2 Å².